The van der Waals surface area contributed by atoms with Crippen LogP contribution in [0.2, 0.25) is 0 Å². The van der Waals surface area contributed by atoms with Gasteiger partial charge in [-0.1, -0.05) is 43.3 Å². The smallest absolute Gasteiger partial charge is 0.160 e. The van der Waals surface area contributed by atoms with Crippen LogP contribution in [0.15, 0.2) is 36.4 Å². The van der Waals surface area contributed by atoms with Crippen LogP contribution in [0.25, 0.3) is 10.8 Å². The summed E-state index contributed by atoms with van der Waals surface area (Å²) < 4.78 is 0. The molecule has 0 aromatic heterocycles. The standard InChI is InChI=1S/C14H14O/c1-3-11-7-8-12-5-4-6-13(10(2)15)14(12)9-11/h4-9H,3H2,1-2H3. The molecule has 0 aliphatic heterocycles. The quantitative estimate of drug-likeness (QED) is 0.674. The second-order valence-corrected chi connectivity index (χ2v) is 3.77. The average molecular weight is 198 g/mol. The number of aryl methyl sites for hydroxylation is 1. The maximum Gasteiger partial charge on any atom is 0.160 e. The zero-order valence-corrected chi connectivity index (χ0v) is 9.08. The van der Waals surface area contributed by atoms with E-state index in [2.05, 4.69) is 25.1 Å². The van der Waals surface area contributed by atoms with E-state index in [1.165, 1.54) is 5.56 Å². The van der Waals surface area contributed by atoms with E-state index in [-0.39, 0.29) is 5.78 Å². The van der Waals surface area contributed by atoms with Gasteiger partial charge in [0.25, 0.3) is 0 Å². The Morgan fingerprint density at radius 3 is 2.67 bits per heavy atom. The van der Waals surface area contributed by atoms with Crippen molar-refractivity contribution in [3.05, 3.63) is 47.5 Å². The average Bonchev–Trinajstić information content (AvgIpc) is 2.27. The molecule has 0 aliphatic rings. The summed E-state index contributed by atoms with van der Waals surface area (Å²) in [7, 11) is 0. The van der Waals surface area contributed by atoms with Crippen LogP contribution >= 0.6 is 0 Å². The van der Waals surface area contributed by atoms with Crippen LogP contribution in [0.3, 0.4) is 0 Å². The zero-order chi connectivity index (χ0) is 10.8. The molecule has 2 aromatic carbocycles. The van der Waals surface area contributed by atoms with E-state index in [9.17, 15) is 4.79 Å². The topological polar surface area (TPSA) is 17.1 Å². The van der Waals surface area contributed by atoms with Gasteiger partial charge in [0.2, 0.25) is 0 Å². The van der Waals surface area contributed by atoms with E-state index in [0.29, 0.717) is 0 Å². The van der Waals surface area contributed by atoms with Gasteiger partial charge in [0.05, 0.1) is 0 Å². The summed E-state index contributed by atoms with van der Waals surface area (Å²) in [5.74, 6) is 0.133. The van der Waals surface area contributed by atoms with Gasteiger partial charge in [-0.05, 0) is 29.7 Å². The lowest BCUT2D eigenvalue weighted by Gasteiger charge is -2.05. The van der Waals surface area contributed by atoms with Crippen molar-refractivity contribution in [2.24, 2.45) is 0 Å². The van der Waals surface area contributed by atoms with E-state index in [4.69, 9.17) is 0 Å². The number of hydrogen-bond acceptors (Lipinski definition) is 1. The number of carbonyl (C=O) groups excluding carboxylic acids is 1. The first-order valence-electron chi connectivity index (χ1n) is 5.25. The Morgan fingerprint density at radius 2 is 2.00 bits per heavy atom. The van der Waals surface area contributed by atoms with Crippen molar-refractivity contribution in [2.75, 3.05) is 0 Å². The summed E-state index contributed by atoms with van der Waals surface area (Å²) in [6.07, 6.45) is 1.00. The molecule has 0 fully saturated rings. The molecule has 1 nitrogen and oxygen atoms in total. The van der Waals surface area contributed by atoms with Crippen molar-refractivity contribution in [3.8, 4) is 0 Å². The molecule has 2 rings (SSSR count). The number of ketones is 1. The molecule has 0 amide bonds. The lowest BCUT2D eigenvalue weighted by molar-refractivity contribution is 0.101. The maximum atomic E-state index is 11.5. The lowest BCUT2D eigenvalue weighted by atomic mass is 9.99. The highest BCUT2D eigenvalue weighted by Gasteiger charge is 2.05. The molecule has 2 aromatic rings. The highest BCUT2D eigenvalue weighted by Crippen LogP contribution is 2.21. The normalized spacial score (nSPS) is 10.5. The predicted octanol–water partition coefficient (Wildman–Crippen LogP) is 3.60. The van der Waals surface area contributed by atoms with E-state index in [1.807, 2.05) is 18.2 Å². The van der Waals surface area contributed by atoms with E-state index in [0.717, 1.165) is 22.8 Å². The number of fused-ring (bicyclic) bond motifs is 1. The molecule has 0 spiro atoms. The zero-order valence-electron chi connectivity index (χ0n) is 9.08. The minimum atomic E-state index is 0.133. The molecule has 1 heteroatoms. The molecule has 0 N–H and O–H groups in total. The number of Topliss-reactive ketones (excluding diaryl/α,β-unsaturated/α-hetero) is 1. The number of carbonyl (C=O) groups is 1. The lowest BCUT2D eigenvalue weighted by Crippen LogP contribution is -1.93. The first kappa shape index (κ1) is 9.91. The van der Waals surface area contributed by atoms with Crippen LogP contribution < -0.4 is 0 Å². The van der Waals surface area contributed by atoms with Gasteiger partial charge in [-0.15, -0.1) is 0 Å². The third-order valence-corrected chi connectivity index (χ3v) is 2.73. The largest absolute Gasteiger partial charge is 0.294 e. The number of rotatable bonds is 2. The van der Waals surface area contributed by atoms with Gasteiger partial charge >= 0.3 is 0 Å². The predicted molar refractivity (Wildman–Crippen MR) is 63.3 cm³/mol. The summed E-state index contributed by atoms with van der Waals surface area (Å²) in [4.78, 5) is 11.5. The van der Waals surface area contributed by atoms with Gasteiger partial charge in [-0.2, -0.15) is 0 Å². The van der Waals surface area contributed by atoms with Crippen molar-refractivity contribution < 1.29 is 4.79 Å². The van der Waals surface area contributed by atoms with E-state index in [1.54, 1.807) is 6.92 Å². The van der Waals surface area contributed by atoms with Gasteiger partial charge < -0.3 is 0 Å². The molecule has 76 valence electrons. The molecule has 0 saturated carbocycles. The van der Waals surface area contributed by atoms with Crippen molar-refractivity contribution in [2.45, 2.75) is 20.3 Å². The van der Waals surface area contributed by atoms with E-state index < -0.39 is 0 Å². The Kier molecular flexibility index (Phi) is 2.55. The summed E-state index contributed by atoms with van der Waals surface area (Å²) >= 11 is 0. The first-order valence-corrected chi connectivity index (χ1v) is 5.25. The van der Waals surface area contributed by atoms with Gasteiger partial charge in [0.1, 0.15) is 0 Å². The molecule has 0 aliphatic carbocycles. The molecule has 15 heavy (non-hydrogen) atoms. The molecule has 0 heterocycles. The highest BCUT2D eigenvalue weighted by atomic mass is 16.1. The molecule has 0 radical (unpaired) electrons. The van der Waals surface area contributed by atoms with Crippen molar-refractivity contribution >= 4 is 16.6 Å². The van der Waals surface area contributed by atoms with Gasteiger partial charge in [-0.3, -0.25) is 4.79 Å². The molecule has 0 bridgehead atoms. The molecular formula is C14H14O. The van der Waals surface area contributed by atoms with Crippen LogP contribution in [0.1, 0.15) is 29.8 Å². The Bertz CT molecular complexity index is 512. The SMILES string of the molecule is CCc1ccc2cccc(C(C)=O)c2c1. The fourth-order valence-electron chi connectivity index (χ4n) is 1.85. The monoisotopic (exact) mass is 198 g/mol. The Morgan fingerprint density at radius 1 is 1.20 bits per heavy atom. The Hall–Kier alpha value is -1.63. The summed E-state index contributed by atoms with van der Waals surface area (Å²) in [6, 6.07) is 12.2. The van der Waals surface area contributed by atoms with Crippen molar-refractivity contribution in [3.63, 3.8) is 0 Å². The summed E-state index contributed by atoms with van der Waals surface area (Å²) in [5, 5.41) is 2.21. The van der Waals surface area contributed by atoms with Gasteiger partial charge in [0, 0.05) is 5.56 Å². The van der Waals surface area contributed by atoms with Crippen LogP contribution in [-0.2, 0) is 6.42 Å². The minimum Gasteiger partial charge on any atom is -0.294 e. The van der Waals surface area contributed by atoms with Crippen LogP contribution in [0.4, 0.5) is 0 Å². The fourth-order valence-corrected chi connectivity index (χ4v) is 1.85. The fraction of sp³-hybridized carbons (Fsp3) is 0.214. The molecule has 0 saturated heterocycles. The van der Waals surface area contributed by atoms with Gasteiger partial charge in [-0.25, -0.2) is 0 Å². The van der Waals surface area contributed by atoms with Crippen LogP contribution in [0.5, 0.6) is 0 Å². The Balaban J connectivity index is 2.76. The summed E-state index contributed by atoms with van der Waals surface area (Å²) in [6.45, 7) is 3.74. The molecular weight excluding hydrogens is 184 g/mol. The summed E-state index contributed by atoms with van der Waals surface area (Å²) in [5.41, 5.74) is 2.10. The number of hydrogen-bond donors (Lipinski definition) is 0. The van der Waals surface area contributed by atoms with Crippen LogP contribution in [0, 0.1) is 0 Å². The second-order valence-electron chi connectivity index (χ2n) is 3.77. The molecule has 0 atom stereocenters. The number of benzene rings is 2. The highest BCUT2D eigenvalue weighted by molar-refractivity contribution is 6.07. The second kappa shape index (κ2) is 3.85. The van der Waals surface area contributed by atoms with Crippen molar-refractivity contribution in [1.82, 2.24) is 0 Å². The van der Waals surface area contributed by atoms with E-state index >= 15 is 0 Å². The first-order chi connectivity index (χ1) is 7.22. The Labute approximate surface area is 89.7 Å². The van der Waals surface area contributed by atoms with Crippen LogP contribution in [-0.4, -0.2) is 5.78 Å². The third kappa shape index (κ3) is 1.78. The third-order valence-electron chi connectivity index (χ3n) is 2.73. The minimum absolute atomic E-state index is 0.133. The maximum absolute atomic E-state index is 11.5. The van der Waals surface area contributed by atoms with Crippen molar-refractivity contribution in [1.29, 1.82) is 0 Å². The van der Waals surface area contributed by atoms with Gasteiger partial charge in [0.15, 0.2) is 5.78 Å². The molecule has 0 unspecified atom stereocenters.